The maximum atomic E-state index is 13.0. The number of nitrogens with zero attached hydrogens (tertiary/aromatic N) is 3. The summed E-state index contributed by atoms with van der Waals surface area (Å²) < 4.78 is 28.8. The predicted octanol–water partition coefficient (Wildman–Crippen LogP) is 2.85. The average Bonchev–Trinajstić information content (AvgIpc) is 2.91. The van der Waals surface area contributed by atoms with E-state index in [0.717, 1.165) is 10.6 Å². The molecule has 1 N–H and O–H groups in total. The summed E-state index contributed by atoms with van der Waals surface area (Å²) in [5, 5.41) is 2.97. The molecule has 1 aromatic heterocycles. The van der Waals surface area contributed by atoms with Crippen LogP contribution in [0.4, 0.5) is 11.4 Å². The fraction of sp³-hybridized carbons (Fsp3) is 0.238. The van der Waals surface area contributed by atoms with Crippen LogP contribution in [0.5, 0.6) is 0 Å². The minimum absolute atomic E-state index is 0.0904. The number of anilines is 2. The Bertz CT molecular complexity index is 1300. The van der Waals surface area contributed by atoms with Crippen molar-refractivity contribution in [2.24, 2.45) is 7.05 Å². The van der Waals surface area contributed by atoms with Gasteiger partial charge in [-0.1, -0.05) is 35.9 Å². The van der Waals surface area contributed by atoms with Crippen molar-refractivity contribution in [1.82, 2.24) is 9.36 Å². The first-order valence-electron chi connectivity index (χ1n) is 9.39. The van der Waals surface area contributed by atoms with Gasteiger partial charge < -0.3 is 5.32 Å². The van der Waals surface area contributed by atoms with Crippen LogP contribution in [0.25, 0.3) is 5.69 Å². The van der Waals surface area contributed by atoms with E-state index < -0.39 is 28.0 Å². The van der Waals surface area contributed by atoms with Gasteiger partial charge in [-0.3, -0.25) is 18.6 Å². The second-order valence-corrected chi connectivity index (χ2v) is 9.45. The summed E-state index contributed by atoms with van der Waals surface area (Å²) in [4.78, 5) is 25.8. The Morgan fingerprint density at radius 3 is 2.35 bits per heavy atom. The molecule has 0 saturated carbocycles. The van der Waals surface area contributed by atoms with Gasteiger partial charge >= 0.3 is 0 Å². The Morgan fingerprint density at radius 2 is 1.74 bits per heavy atom. The zero-order valence-electron chi connectivity index (χ0n) is 17.6. The highest BCUT2D eigenvalue weighted by atomic mass is 35.5. The van der Waals surface area contributed by atoms with E-state index >= 15 is 0 Å². The Kier molecular flexibility index (Phi) is 6.28. The third-order valence-corrected chi connectivity index (χ3v) is 6.55. The maximum Gasteiger partial charge on any atom is 0.295 e. The van der Waals surface area contributed by atoms with Crippen LogP contribution in [-0.4, -0.2) is 36.5 Å². The van der Waals surface area contributed by atoms with Gasteiger partial charge in [0.25, 0.3) is 5.56 Å². The Hall–Kier alpha value is -3.04. The molecule has 1 amide bonds. The standard InChI is InChI=1S/C21H23ClN4O4S/c1-14-17(22)11-8-12-18(14)25(31(4,29)30)13-19(27)23-20-15(2)24(3)26(21(20)28)16-9-6-5-7-10-16/h5-12H,13H2,1-4H3,(H,23,27). The van der Waals surface area contributed by atoms with Crippen molar-refractivity contribution in [1.29, 1.82) is 0 Å². The van der Waals surface area contributed by atoms with Gasteiger partial charge in [-0.25, -0.2) is 13.1 Å². The van der Waals surface area contributed by atoms with Crippen LogP contribution in [0.2, 0.25) is 5.02 Å². The summed E-state index contributed by atoms with van der Waals surface area (Å²) in [5.74, 6) is -0.643. The maximum absolute atomic E-state index is 13.0. The lowest BCUT2D eigenvalue weighted by Crippen LogP contribution is -2.38. The normalized spacial score (nSPS) is 11.4. The minimum Gasteiger partial charge on any atom is -0.318 e. The van der Waals surface area contributed by atoms with Crippen LogP contribution in [-0.2, 0) is 21.9 Å². The number of aromatic nitrogens is 2. The number of carbonyl (C=O) groups is 1. The van der Waals surface area contributed by atoms with E-state index in [2.05, 4.69) is 5.32 Å². The second-order valence-electron chi connectivity index (χ2n) is 7.14. The molecular formula is C21H23ClN4O4S. The van der Waals surface area contributed by atoms with E-state index in [9.17, 15) is 18.0 Å². The number of amides is 1. The zero-order valence-corrected chi connectivity index (χ0v) is 19.2. The number of sulfonamides is 1. The molecule has 3 aromatic rings. The Balaban J connectivity index is 1.94. The Morgan fingerprint density at radius 1 is 1.10 bits per heavy atom. The highest BCUT2D eigenvalue weighted by Gasteiger charge is 2.25. The number of hydrogen-bond donors (Lipinski definition) is 1. The number of benzene rings is 2. The molecule has 0 radical (unpaired) electrons. The first kappa shape index (κ1) is 22.6. The largest absolute Gasteiger partial charge is 0.318 e. The van der Waals surface area contributed by atoms with Crippen molar-refractivity contribution in [3.63, 3.8) is 0 Å². The Labute approximate surface area is 185 Å². The topological polar surface area (TPSA) is 93.4 Å². The van der Waals surface area contributed by atoms with Gasteiger partial charge in [-0.05, 0) is 43.7 Å². The van der Waals surface area contributed by atoms with Crippen molar-refractivity contribution in [2.75, 3.05) is 22.4 Å². The summed E-state index contributed by atoms with van der Waals surface area (Å²) >= 11 is 6.13. The number of hydrogen-bond acceptors (Lipinski definition) is 4. The molecule has 0 saturated heterocycles. The molecule has 1 heterocycles. The fourth-order valence-corrected chi connectivity index (χ4v) is 4.35. The van der Waals surface area contributed by atoms with Crippen molar-refractivity contribution in [3.05, 3.63) is 75.2 Å². The summed E-state index contributed by atoms with van der Waals surface area (Å²) in [6.45, 7) is 2.87. The number of para-hydroxylation sites is 1. The van der Waals surface area contributed by atoms with E-state index in [4.69, 9.17) is 11.6 Å². The monoisotopic (exact) mass is 462 g/mol. The van der Waals surface area contributed by atoms with Crippen molar-refractivity contribution in [3.8, 4) is 5.69 Å². The quantitative estimate of drug-likeness (QED) is 0.609. The zero-order chi connectivity index (χ0) is 22.9. The van der Waals surface area contributed by atoms with Crippen LogP contribution in [0.15, 0.2) is 53.3 Å². The summed E-state index contributed by atoms with van der Waals surface area (Å²) in [6.07, 6.45) is 1.01. The van der Waals surface area contributed by atoms with E-state index in [1.165, 1.54) is 4.68 Å². The molecule has 2 aromatic carbocycles. The number of carbonyl (C=O) groups excluding carboxylic acids is 1. The molecule has 8 nitrogen and oxygen atoms in total. The van der Waals surface area contributed by atoms with Gasteiger partial charge in [0.2, 0.25) is 15.9 Å². The third kappa shape index (κ3) is 4.52. The molecular weight excluding hydrogens is 440 g/mol. The van der Waals surface area contributed by atoms with Crippen LogP contribution in [0.3, 0.4) is 0 Å². The van der Waals surface area contributed by atoms with Crippen LogP contribution >= 0.6 is 11.6 Å². The van der Waals surface area contributed by atoms with Crippen molar-refractivity contribution in [2.45, 2.75) is 13.8 Å². The number of halogens is 1. The SMILES string of the molecule is Cc1c(Cl)cccc1N(CC(=O)Nc1c(C)n(C)n(-c2ccccc2)c1=O)S(C)(=O)=O. The van der Waals surface area contributed by atoms with Gasteiger partial charge in [0.05, 0.1) is 23.3 Å². The molecule has 0 fully saturated rings. The van der Waals surface area contributed by atoms with Gasteiger partial charge in [-0.2, -0.15) is 0 Å². The molecule has 0 aliphatic rings. The molecule has 0 aliphatic carbocycles. The lowest BCUT2D eigenvalue weighted by atomic mass is 10.2. The first-order chi connectivity index (χ1) is 14.5. The van der Waals surface area contributed by atoms with E-state index in [1.807, 2.05) is 6.07 Å². The smallest absolute Gasteiger partial charge is 0.295 e. The average molecular weight is 463 g/mol. The third-order valence-electron chi connectivity index (χ3n) is 5.01. The molecule has 0 atom stereocenters. The molecule has 3 rings (SSSR count). The summed E-state index contributed by atoms with van der Waals surface area (Å²) in [5.41, 5.74) is 1.69. The van der Waals surface area contributed by atoms with E-state index in [-0.39, 0.29) is 5.69 Å². The van der Waals surface area contributed by atoms with Gasteiger partial charge in [0, 0.05) is 12.1 Å². The molecule has 164 valence electrons. The highest BCUT2D eigenvalue weighted by Crippen LogP contribution is 2.28. The lowest BCUT2D eigenvalue weighted by molar-refractivity contribution is -0.114. The molecule has 0 aliphatic heterocycles. The fourth-order valence-electron chi connectivity index (χ4n) is 3.27. The summed E-state index contributed by atoms with van der Waals surface area (Å²) in [7, 11) is -2.08. The van der Waals surface area contributed by atoms with E-state index in [1.54, 1.807) is 68.0 Å². The molecule has 0 unspecified atom stereocenters. The predicted molar refractivity (Wildman–Crippen MR) is 123 cm³/mol. The lowest BCUT2D eigenvalue weighted by Gasteiger charge is -2.24. The molecule has 0 spiro atoms. The van der Waals surface area contributed by atoms with Gasteiger partial charge in [0.15, 0.2) is 0 Å². The van der Waals surface area contributed by atoms with Crippen molar-refractivity contribution >= 4 is 38.9 Å². The molecule has 31 heavy (non-hydrogen) atoms. The van der Waals surface area contributed by atoms with Gasteiger partial charge in [0.1, 0.15) is 12.2 Å². The molecule has 0 bridgehead atoms. The van der Waals surface area contributed by atoms with Gasteiger partial charge in [-0.15, -0.1) is 0 Å². The van der Waals surface area contributed by atoms with Crippen molar-refractivity contribution < 1.29 is 13.2 Å². The first-order valence-corrected chi connectivity index (χ1v) is 11.6. The van der Waals surface area contributed by atoms with Crippen LogP contribution in [0, 0.1) is 13.8 Å². The summed E-state index contributed by atoms with van der Waals surface area (Å²) in [6, 6.07) is 13.8. The van der Waals surface area contributed by atoms with Crippen LogP contribution in [0.1, 0.15) is 11.3 Å². The minimum atomic E-state index is -3.79. The highest BCUT2D eigenvalue weighted by molar-refractivity contribution is 7.92. The van der Waals surface area contributed by atoms with Crippen LogP contribution < -0.4 is 15.2 Å². The van der Waals surface area contributed by atoms with E-state index in [0.29, 0.717) is 27.7 Å². The number of nitrogens with one attached hydrogen (secondary N) is 1. The number of rotatable bonds is 6. The molecule has 10 heteroatoms. The second kappa shape index (κ2) is 8.60.